The lowest BCUT2D eigenvalue weighted by Gasteiger charge is -2.45. The zero-order chi connectivity index (χ0) is 23.1. The molecule has 0 heterocycles. The zero-order valence-corrected chi connectivity index (χ0v) is 21.5. The second-order valence-electron chi connectivity index (χ2n) is 11.9. The lowest BCUT2D eigenvalue weighted by Crippen LogP contribution is -2.54. The zero-order valence-electron chi connectivity index (χ0n) is 21.5. The van der Waals surface area contributed by atoms with Crippen molar-refractivity contribution in [3.05, 3.63) is 0 Å². The number of carbonyl (C=O) groups is 2. The molecule has 3 fully saturated rings. The summed E-state index contributed by atoms with van der Waals surface area (Å²) in [5.41, 5.74) is 0. The summed E-state index contributed by atoms with van der Waals surface area (Å²) in [6.45, 7) is 10.4. The van der Waals surface area contributed by atoms with Crippen LogP contribution in [0.1, 0.15) is 118 Å². The van der Waals surface area contributed by atoms with Crippen LogP contribution in [-0.4, -0.2) is 46.8 Å². The fraction of sp³-hybridized carbons (Fsp3) is 0.929. The number of hydrogen-bond acceptors (Lipinski definition) is 2. The van der Waals surface area contributed by atoms with Gasteiger partial charge in [0.15, 0.2) is 0 Å². The first kappa shape index (κ1) is 25.6. The molecular formula is C28H50N2O2. The molecule has 0 aromatic heterocycles. The Morgan fingerprint density at radius 2 is 0.969 bits per heavy atom. The highest BCUT2D eigenvalue weighted by molar-refractivity contribution is 5.88. The lowest BCUT2D eigenvalue weighted by molar-refractivity contribution is -0.153. The second-order valence-corrected chi connectivity index (χ2v) is 11.9. The van der Waals surface area contributed by atoms with Gasteiger partial charge in [-0.1, -0.05) is 79.1 Å². The Balaban J connectivity index is 1.81. The van der Waals surface area contributed by atoms with Gasteiger partial charge in [-0.3, -0.25) is 9.59 Å². The summed E-state index contributed by atoms with van der Waals surface area (Å²) in [7, 11) is 0. The van der Waals surface area contributed by atoms with Gasteiger partial charge in [0.1, 0.15) is 0 Å². The minimum Gasteiger partial charge on any atom is -0.342 e. The molecule has 0 saturated heterocycles. The Morgan fingerprint density at radius 1 is 0.594 bits per heavy atom. The van der Waals surface area contributed by atoms with Gasteiger partial charge in [0.25, 0.3) is 0 Å². The molecular weight excluding hydrogens is 396 g/mol. The first-order valence-corrected chi connectivity index (χ1v) is 14.0. The van der Waals surface area contributed by atoms with Crippen molar-refractivity contribution in [3.63, 3.8) is 0 Å². The smallest absolute Gasteiger partial charge is 0.226 e. The van der Waals surface area contributed by atoms with E-state index in [2.05, 4.69) is 37.5 Å². The quantitative estimate of drug-likeness (QED) is 0.431. The summed E-state index contributed by atoms with van der Waals surface area (Å²) in [4.78, 5) is 32.5. The molecule has 0 bridgehead atoms. The van der Waals surface area contributed by atoms with Crippen molar-refractivity contribution in [2.24, 2.45) is 23.7 Å². The van der Waals surface area contributed by atoms with E-state index in [0.717, 1.165) is 38.8 Å². The van der Waals surface area contributed by atoms with Crippen molar-refractivity contribution in [1.29, 1.82) is 0 Å². The first-order valence-electron chi connectivity index (χ1n) is 14.0. The van der Waals surface area contributed by atoms with Gasteiger partial charge in [-0.25, -0.2) is 0 Å². The van der Waals surface area contributed by atoms with Crippen LogP contribution < -0.4 is 0 Å². The van der Waals surface area contributed by atoms with Crippen molar-refractivity contribution >= 4 is 11.8 Å². The van der Waals surface area contributed by atoms with Gasteiger partial charge in [-0.15, -0.1) is 0 Å². The number of rotatable bonds is 8. The highest BCUT2D eigenvalue weighted by Gasteiger charge is 2.43. The van der Waals surface area contributed by atoms with E-state index in [0.29, 0.717) is 29.8 Å². The first-order chi connectivity index (χ1) is 15.4. The summed E-state index contributed by atoms with van der Waals surface area (Å²) in [6.07, 6.45) is 16.3. The van der Waals surface area contributed by atoms with Gasteiger partial charge >= 0.3 is 0 Å². The molecule has 3 aliphatic carbocycles. The van der Waals surface area contributed by atoms with Crippen LogP contribution in [0.3, 0.4) is 0 Å². The van der Waals surface area contributed by atoms with Crippen molar-refractivity contribution in [3.8, 4) is 0 Å². The molecule has 0 unspecified atom stereocenters. The van der Waals surface area contributed by atoms with Gasteiger partial charge in [-0.05, 0) is 50.4 Å². The largest absolute Gasteiger partial charge is 0.342 e. The summed E-state index contributed by atoms with van der Waals surface area (Å²) in [5, 5.41) is 0. The molecule has 2 amide bonds. The van der Waals surface area contributed by atoms with Gasteiger partial charge in [0.05, 0.1) is 0 Å². The fourth-order valence-electron chi connectivity index (χ4n) is 6.66. The van der Waals surface area contributed by atoms with Crippen molar-refractivity contribution in [1.82, 2.24) is 9.80 Å². The number of hydrogen-bond donors (Lipinski definition) is 0. The molecule has 3 saturated carbocycles. The molecule has 3 rings (SSSR count). The molecule has 2 atom stereocenters. The maximum Gasteiger partial charge on any atom is 0.226 e. The minimum absolute atomic E-state index is 0.0954. The van der Waals surface area contributed by atoms with Crippen molar-refractivity contribution < 1.29 is 9.59 Å². The van der Waals surface area contributed by atoms with Crippen LogP contribution in [-0.2, 0) is 9.59 Å². The Kier molecular flexibility index (Phi) is 9.92. The van der Waals surface area contributed by atoms with Crippen LogP contribution in [0.2, 0.25) is 0 Å². The Labute approximate surface area is 197 Å². The third-order valence-electron chi connectivity index (χ3n) is 8.07. The fourth-order valence-corrected chi connectivity index (χ4v) is 6.66. The Bertz CT molecular complexity index is 562. The van der Waals surface area contributed by atoms with Crippen LogP contribution in [0.25, 0.3) is 0 Å². The molecule has 4 heteroatoms. The molecule has 0 aromatic rings. The highest BCUT2D eigenvalue weighted by Crippen LogP contribution is 2.38. The summed E-state index contributed by atoms with van der Waals surface area (Å²) >= 11 is 0. The maximum atomic E-state index is 14.2. The van der Waals surface area contributed by atoms with Crippen LogP contribution >= 0.6 is 0 Å². The molecule has 0 radical (unpaired) electrons. The van der Waals surface area contributed by atoms with Crippen molar-refractivity contribution in [2.45, 2.75) is 130 Å². The van der Waals surface area contributed by atoms with Crippen LogP contribution in [0.15, 0.2) is 0 Å². The van der Waals surface area contributed by atoms with Crippen LogP contribution in [0.4, 0.5) is 0 Å². The van der Waals surface area contributed by atoms with E-state index in [4.69, 9.17) is 0 Å². The van der Waals surface area contributed by atoms with Crippen LogP contribution in [0, 0.1) is 23.7 Å². The van der Waals surface area contributed by atoms with E-state index in [1.165, 1.54) is 64.2 Å². The van der Waals surface area contributed by atoms with Gasteiger partial charge in [0.2, 0.25) is 11.8 Å². The summed E-state index contributed by atoms with van der Waals surface area (Å²) in [6, 6.07) is 0.832. The number of nitrogens with zero attached hydrogens (tertiary/aromatic N) is 2. The lowest BCUT2D eigenvalue weighted by atomic mass is 9.76. The predicted molar refractivity (Wildman–Crippen MR) is 132 cm³/mol. The molecule has 0 spiro atoms. The molecule has 4 nitrogen and oxygen atoms in total. The van der Waals surface area contributed by atoms with E-state index >= 15 is 0 Å². The van der Waals surface area contributed by atoms with E-state index < -0.39 is 0 Å². The average Bonchev–Trinajstić information content (AvgIpc) is 2.79. The second kappa shape index (κ2) is 12.4. The molecule has 0 aromatic carbocycles. The standard InChI is InChI=1S/C28H50N2O2/c1-21(2)19-29(20-22(3)4)27(31)25-17-11-12-18-26(25)28(32)30(23-13-7-5-8-14-23)24-15-9-6-10-16-24/h21-26H,5-20H2,1-4H3/t25-,26+/m0/s1. The van der Waals surface area contributed by atoms with Gasteiger partial charge in [0, 0.05) is 37.0 Å². The van der Waals surface area contributed by atoms with Crippen molar-refractivity contribution in [2.75, 3.05) is 13.1 Å². The summed E-state index contributed by atoms with van der Waals surface area (Å²) < 4.78 is 0. The molecule has 184 valence electrons. The van der Waals surface area contributed by atoms with E-state index in [1.54, 1.807) is 0 Å². The maximum absolute atomic E-state index is 14.2. The summed E-state index contributed by atoms with van der Waals surface area (Å²) in [5.74, 6) is 1.31. The Hall–Kier alpha value is -1.06. The molecule has 32 heavy (non-hydrogen) atoms. The third-order valence-corrected chi connectivity index (χ3v) is 8.07. The SMILES string of the molecule is CC(C)CN(CC(C)C)C(=O)[C@H]1CCCC[C@H]1C(=O)N(C1CCCCC1)C1CCCCC1. The van der Waals surface area contributed by atoms with Gasteiger partial charge in [-0.2, -0.15) is 0 Å². The predicted octanol–water partition coefficient (Wildman–Crippen LogP) is 6.43. The number of carbonyl (C=O) groups excluding carboxylic acids is 2. The van der Waals surface area contributed by atoms with Crippen LogP contribution in [0.5, 0.6) is 0 Å². The van der Waals surface area contributed by atoms with Gasteiger partial charge < -0.3 is 9.80 Å². The number of amides is 2. The van der Waals surface area contributed by atoms with E-state index in [-0.39, 0.29) is 17.7 Å². The highest BCUT2D eigenvalue weighted by atomic mass is 16.2. The Morgan fingerprint density at radius 3 is 1.38 bits per heavy atom. The van der Waals surface area contributed by atoms with E-state index in [9.17, 15) is 9.59 Å². The molecule has 3 aliphatic rings. The average molecular weight is 447 g/mol. The van der Waals surface area contributed by atoms with E-state index in [1.807, 2.05) is 0 Å². The molecule has 0 N–H and O–H groups in total. The normalized spacial score (nSPS) is 25.8. The topological polar surface area (TPSA) is 40.6 Å². The monoisotopic (exact) mass is 446 g/mol. The molecule has 0 aliphatic heterocycles. The minimum atomic E-state index is -0.108. The third kappa shape index (κ3) is 6.73.